The standard InChI is InChI=1S/C24H26F3N3O/c25-16-5-3-14(4-6-16)22-20(18-9-17(26)10-19(27)23(18)30-22)15-7-12(8-15)11-29-24(31)21(28)13-1-2-13/h3-6,9-10,12-13,15,21,24,29-31H,1-2,7-8,11,28H2/t12-,15-,21-,24?/m1/s1. The smallest absolute Gasteiger partial charge is 0.150 e. The lowest BCUT2D eigenvalue weighted by molar-refractivity contribution is 0.0870. The van der Waals surface area contributed by atoms with E-state index in [0.29, 0.717) is 29.5 Å². The molecule has 2 fully saturated rings. The second kappa shape index (κ2) is 7.97. The topological polar surface area (TPSA) is 74.1 Å². The number of rotatable bonds is 7. The molecule has 4 nitrogen and oxygen atoms in total. The summed E-state index contributed by atoms with van der Waals surface area (Å²) in [6.45, 7) is 0.648. The van der Waals surface area contributed by atoms with Gasteiger partial charge in [0.2, 0.25) is 0 Å². The Morgan fingerprint density at radius 2 is 1.77 bits per heavy atom. The lowest BCUT2D eigenvalue weighted by atomic mass is 9.70. The fourth-order valence-corrected chi connectivity index (χ4v) is 4.81. The van der Waals surface area contributed by atoms with Gasteiger partial charge in [-0.25, -0.2) is 13.2 Å². The van der Waals surface area contributed by atoms with E-state index >= 15 is 0 Å². The Morgan fingerprint density at radius 3 is 2.45 bits per heavy atom. The average molecular weight is 429 g/mol. The number of hydrogen-bond donors (Lipinski definition) is 4. The third-order valence-electron chi connectivity index (χ3n) is 6.79. The fraction of sp³-hybridized carbons (Fsp3) is 0.417. The van der Waals surface area contributed by atoms with E-state index in [0.717, 1.165) is 42.9 Å². The van der Waals surface area contributed by atoms with E-state index in [9.17, 15) is 18.3 Å². The minimum atomic E-state index is -0.711. The van der Waals surface area contributed by atoms with Crippen LogP contribution < -0.4 is 11.1 Å². The number of benzene rings is 2. The highest BCUT2D eigenvalue weighted by molar-refractivity contribution is 5.92. The van der Waals surface area contributed by atoms with Crippen molar-refractivity contribution < 1.29 is 18.3 Å². The quantitative estimate of drug-likeness (QED) is 0.421. The van der Waals surface area contributed by atoms with E-state index < -0.39 is 17.9 Å². The van der Waals surface area contributed by atoms with Crippen LogP contribution in [-0.4, -0.2) is 28.9 Å². The van der Waals surface area contributed by atoms with Crippen molar-refractivity contribution in [1.29, 1.82) is 0 Å². The molecule has 0 bridgehead atoms. The van der Waals surface area contributed by atoms with Crippen molar-refractivity contribution in [1.82, 2.24) is 10.3 Å². The number of aromatic nitrogens is 1. The molecule has 5 N–H and O–H groups in total. The molecule has 0 saturated heterocycles. The molecule has 2 aromatic carbocycles. The summed E-state index contributed by atoms with van der Waals surface area (Å²) in [5.41, 5.74) is 8.61. The number of H-pyrrole nitrogens is 1. The highest BCUT2D eigenvalue weighted by atomic mass is 19.1. The summed E-state index contributed by atoms with van der Waals surface area (Å²) in [5.74, 6) is -0.737. The van der Waals surface area contributed by atoms with Crippen LogP contribution >= 0.6 is 0 Å². The number of aliphatic hydroxyl groups excluding tert-OH is 1. The van der Waals surface area contributed by atoms with E-state index in [1.807, 2.05) is 0 Å². The van der Waals surface area contributed by atoms with Gasteiger partial charge in [-0.05, 0) is 84.9 Å². The van der Waals surface area contributed by atoms with Crippen LogP contribution in [0.1, 0.15) is 37.2 Å². The van der Waals surface area contributed by atoms with Gasteiger partial charge in [-0.3, -0.25) is 5.32 Å². The lowest BCUT2D eigenvalue weighted by Gasteiger charge is -2.37. The normalized spacial score (nSPS) is 23.0. The van der Waals surface area contributed by atoms with Crippen molar-refractivity contribution in [2.75, 3.05) is 6.54 Å². The van der Waals surface area contributed by atoms with Crippen LogP contribution in [0.4, 0.5) is 13.2 Å². The van der Waals surface area contributed by atoms with Crippen molar-refractivity contribution in [3.05, 3.63) is 59.4 Å². The summed E-state index contributed by atoms with van der Waals surface area (Å²) in [4.78, 5) is 3.11. The van der Waals surface area contributed by atoms with Gasteiger partial charge in [0.05, 0.1) is 11.2 Å². The maximum Gasteiger partial charge on any atom is 0.150 e. The van der Waals surface area contributed by atoms with Crippen LogP contribution in [0.5, 0.6) is 0 Å². The minimum absolute atomic E-state index is 0.121. The minimum Gasteiger partial charge on any atom is -0.377 e. The Morgan fingerprint density at radius 1 is 1.06 bits per heavy atom. The molecule has 0 radical (unpaired) electrons. The predicted octanol–water partition coefficient (Wildman–Crippen LogP) is 4.39. The van der Waals surface area contributed by atoms with Gasteiger partial charge in [0, 0.05) is 24.0 Å². The first-order valence-corrected chi connectivity index (χ1v) is 10.8. The van der Waals surface area contributed by atoms with E-state index in [2.05, 4.69) is 10.3 Å². The number of nitrogens with one attached hydrogen (secondary N) is 2. The van der Waals surface area contributed by atoms with Crippen LogP contribution in [-0.2, 0) is 0 Å². The molecule has 0 aliphatic heterocycles. The van der Waals surface area contributed by atoms with Crippen molar-refractivity contribution >= 4 is 10.9 Å². The Hall–Kier alpha value is -2.35. The van der Waals surface area contributed by atoms with E-state index in [4.69, 9.17) is 5.73 Å². The lowest BCUT2D eigenvalue weighted by Crippen LogP contribution is -2.48. The molecular weight excluding hydrogens is 403 g/mol. The molecule has 2 aliphatic carbocycles. The molecule has 2 atom stereocenters. The second-order valence-corrected chi connectivity index (χ2v) is 9.03. The second-order valence-electron chi connectivity index (χ2n) is 9.03. The maximum absolute atomic E-state index is 14.5. The van der Waals surface area contributed by atoms with Crippen LogP contribution in [0.25, 0.3) is 22.2 Å². The molecule has 0 amide bonds. The summed E-state index contributed by atoms with van der Waals surface area (Å²) < 4.78 is 41.9. The Labute approximate surface area is 178 Å². The third-order valence-corrected chi connectivity index (χ3v) is 6.79. The molecule has 5 rings (SSSR count). The maximum atomic E-state index is 14.5. The number of aliphatic hydroxyl groups is 1. The highest BCUT2D eigenvalue weighted by Crippen LogP contribution is 2.48. The van der Waals surface area contributed by atoms with Gasteiger partial charge in [0.15, 0.2) is 0 Å². The van der Waals surface area contributed by atoms with Crippen LogP contribution in [0, 0.1) is 29.3 Å². The van der Waals surface area contributed by atoms with Gasteiger partial charge >= 0.3 is 0 Å². The zero-order valence-electron chi connectivity index (χ0n) is 17.0. The molecule has 164 valence electrons. The van der Waals surface area contributed by atoms with Crippen molar-refractivity contribution in [2.24, 2.45) is 17.6 Å². The van der Waals surface area contributed by atoms with Gasteiger partial charge in [-0.2, -0.15) is 0 Å². The van der Waals surface area contributed by atoms with Crippen molar-refractivity contribution in [3.8, 4) is 11.3 Å². The average Bonchev–Trinajstić information content (AvgIpc) is 3.49. The molecule has 2 aliphatic rings. The molecule has 7 heteroatoms. The first-order chi connectivity index (χ1) is 14.9. The van der Waals surface area contributed by atoms with Gasteiger partial charge in [-0.15, -0.1) is 0 Å². The molecule has 1 aromatic heterocycles. The Balaban J connectivity index is 1.37. The van der Waals surface area contributed by atoms with Gasteiger partial charge < -0.3 is 15.8 Å². The predicted molar refractivity (Wildman–Crippen MR) is 114 cm³/mol. The summed E-state index contributed by atoms with van der Waals surface area (Å²) >= 11 is 0. The van der Waals surface area contributed by atoms with Gasteiger partial charge in [-0.1, -0.05) is 0 Å². The molecule has 1 heterocycles. The zero-order valence-corrected chi connectivity index (χ0v) is 17.0. The van der Waals surface area contributed by atoms with Gasteiger partial charge in [0.25, 0.3) is 0 Å². The summed E-state index contributed by atoms with van der Waals surface area (Å²) in [6.07, 6.45) is 3.10. The number of aromatic amines is 1. The monoisotopic (exact) mass is 429 g/mol. The fourth-order valence-electron chi connectivity index (χ4n) is 4.81. The number of halogens is 3. The number of hydrogen-bond acceptors (Lipinski definition) is 3. The highest BCUT2D eigenvalue weighted by Gasteiger charge is 2.37. The molecule has 31 heavy (non-hydrogen) atoms. The molecule has 3 aromatic rings. The molecular formula is C24H26F3N3O. The molecule has 1 unspecified atom stereocenters. The van der Waals surface area contributed by atoms with Crippen molar-refractivity contribution in [2.45, 2.75) is 43.9 Å². The third kappa shape index (κ3) is 3.97. The summed E-state index contributed by atoms with van der Waals surface area (Å²) in [6, 6.07) is 8.01. The van der Waals surface area contributed by atoms with E-state index in [1.54, 1.807) is 12.1 Å². The summed E-state index contributed by atoms with van der Waals surface area (Å²) in [5, 5.41) is 13.9. The zero-order chi connectivity index (χ0) is 21.7. The van der Waals surface area contributed by atoms with E-state index in [1.165, 1.54) is 18.2 Å². The first kappa shape index (κ1) is 20.5. The largest absolute Gasteiger partial charge is 0.377 e. The van der Waals surface area contributed by atoms with Crippen molar-refractivity contribution in [3.63, 3.8) is 0 Å². The first-order valence-electron chi connectivity index (χ1n) is 10.8. The van der Waals surface area contributed by atoms with Crippen LogP contribution in [0.15, 0.2) is 36.4 Å². The van der Waals surface area contributed by atoms with Gasteiger partial charge in [0.1, 0.15) is 23.7 Å². The SMILES string of the molecule is N[C@H](C1CC1)C(O)NC[C@H]1C[C@H](c2c(-c3ccc(F)cc3)[nH]c3c(F)cc(F)cc32)C1. The number of fused-ring (bicyclic) bond motifs is 1. The molecule has 2 saturated carbocycles. The van der Waals surface area contributed by atoms with Crippen LogP contribution in [0.3, 0.4) is 0 Å². The Bertz CT molecular complexity index is 1090. The molecule has 0 spiro atoms. The van der Waals surface area contributed by atoms with E-state index in [-0.39, 0.29) is 23.3 Å². The Kier molecular flexibility index (Phi) is 5.28. The summed E-state index contributed by atoms with van der Waals surface area (Å²) in [7, 11) is 0. The number of nitrogens with two attached hydrogens (primary N) is 1. The van der Waals surface area contributed by atoms with Crippen LogP contribution in [0.2, 0.25) is 0 Å².